The van der Waals surface area contributed by atoms with Gasteiger partial charge in [-0.2, -0.15) is 0 Å². The van der Waals surface area contributed by atoms with E-state index in [1.165, 1.54) is 38.5 Å². The SMILES string of the molecule is CC/C=C\C/C=C\C/C=C\CCCCCCC(=O)OCC(COC(=O)CCC/C=C\C/C=C\C/C=C\CC)OC(=O)CC/C=C\C/C=C\CCCCCCCC. The lowest BCUT2D eigenvalue weighted by atomic mass is 10.1. The van der Waals surface area contributed by atoms with E-state index in [2.05, 4.69) is 112 Å². The molecule has 0 amide bonds. The maximum Gasteiger partial charge on any atom is 0.306 e. The number of carbonyl (C=O) groups is 3. The lowest BCUT2D eigenvalue weighted by Gasteiger charge is -2.18. The molecule has 0 aliphatic carbocycles. The zero-order valence-electron chi connectivity index (χ0n) is 35.9. The summed E-state index contributed by atoms with van der Waals surface area (Å²) in [5.41, 5.74) is 0. The quantitative estimate of drug-likeness (QED) is 0.0269. The molecule has 56 heavy (non-hydrogen) atoms. The molecule has 0 aromatic heterocycles. The third-order valence-electron chi connectivity index (χ3n) is 8.82. The molecule has 0 rings (SSSR count). The van der Waals surface area contributed by atoms with Crippen LogP contribution in [0.1, 0.15) is 181 Å². The second-order valence-corrected chi connectivity index (χ2v) is 14.2. The van der Waals surface area contributed by atoms with Crippen LogP contribution in [0.25, 0.3) is 0 Å². The summed E-state index contributed by atoms with van der Waals surface area (Å²) in [5.74, 6) is -1.09. The number of hydrogen-bond acceptors (Lipinski definition) is 6. The Balaban J connectivity index is 4.57. The summed E-state index contributed by atoms with van der Waals surface area (Å²) in [6.07, 6.45) is 57.0. The van der Waals surface area contributed by atoms with Crippen molar-refractivity contribution in [2.45, 2.75) is 187 Å². The number of rotatable bonds is 38. The molecule has 0 aliphatic heterocycles. The van der Waals surface area contributed by atoms with Crippen molar-refractivity contribution in [1.82, 2.24) is 0 Å². The van der Waals surface area contributed by atoms with Gasteiger partial charge in [-0.1, -0.05) is 163 Å². The molecule has 1 atom stereocenters. The predicted octanol–water partition coefficient (Wildman–Crippen LogP) is 14.2. The summed E-state index contributed by atoms with van der Waals surface area (Å²) in [6.45, 7) is 6.24. The van der Waals surface area contributed by atoms with Gasteiger partial charge < -0.3 is 14.2 Å². The number of carbonyl (C=O) groups excluding carboxylic acids is 3. The van der Waals surface area contributed by atoms with Crippen LogP contribution in [0, 0.1) is 0 Å². The molecule has 0 bridgehead atoms. The Labute approximate surface area is 343 Å². The van der Waals surface area contributed by atoms with Crippen LogP contribution in [-0.2, 0) is 28.6 Å². The van der Waals surface area contributed by atoms with E-state index in [0.717, 1.165) is 89.9 Å². The van der Waals surface area contributed by atoms with Gasteiger partial charge in [-0.25, -0.2) is 0 Å². The van der Waals surface area contributed by atoms with Gasteiger partial charge in [0.15, 0.2) is 6.10 Å². The molecule has 1 unspecified atom stereocenters. The maximum atomic E-state index is 12.7. The summed E-state index contributed by atoms with van der Waals surface area (Å²) in [7, 11) is 0. The molecule has 0 saturated carbocycles. The minimum absolute atomic E-state index is 0.129. The second kappa shape index (κ2) is 44.0. The molecule has 0 N–H and O–H groups in total. The van der Waals surface area contributed by atoms with Crippen molar-refractivity contribution in [2.75, 3.05) is 13.2 Å². The molecule has 6 nitrogen and oxygen atoms in total. The number of allylic oxidation sites excluding steroid dienone is 16. The van der Waals surface area contributed by atoms with Crippen molar-refractivity contribution < 1.29 is 28.6 Å². The Morgan fingerprint density at radius 3 is 1.23 bits per heavy atom. The highest BCUT2D eigenvalue weighted by atomic mass is 16.6. The van der Waals surface area contributed by atoms with Crippen LogP contribution in [0.2, 0.25) is 0 Å². The van der Waals surface area contributed by atoms with Crippen molar-refractivity contribution >= 4 is 17.9 Å². The van der Waals surface area contributed by atoms with E-state index in [-0.39, 0.29) is 38.0 Å². The minimum Gasteiger partial charge on any atom is -0.462 e. The molecular weight excluding hydrogens is 697 g/mol. The molecule has 0 saturated heterocycles. The Morgan fingerprint density at radius 2 is 0.750 bits per heavy atom. The fraction of sp³-hybridized carbons (Fsp3) is 0.620. The highest BCUT2D eigenvalue weighted by molar-refractivity contribution is 5.71. The average molecular weight is 777 g/mol. The third kappa shape index (κ3) is 41.5. The van der Waals surface area contributed by atoms with Crippen LogP contribution in [-0.4, -0.2) is 37.2 Å². The van der Waals surface area contributed by atoms with Crippen LogP contribution in [0.15, 0.2) is 97.2 Å². The maximum absolute atomic E-state index is 12.7. The van der Waals surface area contributed by atoms with Gasteiger partial charge in [-0.3, -0.25) is 14.4 Å². The molecule has 0 aliphatic rings. The van der Waals surface area contributed by atoms with Gasteiger partial charge >= 0.3 is 17.9 Å². The molecule has 0 aromatic rings. The molecule has 0 heterocycles. The minimum atomic E-state index is -0.836. The van der Waals surface area contributed by atoms with E-state index in [1.54, 1.807) is 0 Å². The third-order valence-corrected chi connectivity index (χ3v) is 8.82. The van der Waals surface area contributed by atoms with E-state index in [4.69, 9.17) is 14.2 Å². The lowest BCUT2D eigenvalue weighted by Crippen LogP contribution is -2.30. The second-order valence-electron chi connectivity index (χ2n) is 14.2. The van der Waals surface area contributed by atoms with Gasteiger partial charge in [-0.05, 0) is 96.3 Å². The zero-order valence-corrected chi connectivity index (χ0v) is 35.9. The standard InChI is InChI=1S/C50H80O6/c1-4-7-10-13-16-19-22-24-26-28-31-34-37-40-43-49(52)55-46-47(45-54-48(51)42-39-36-33-30-27-21-18-15-12-9-6-3)56-50(53)44-41-38-35-32-29-25-23-20-17-14-11-8-5-2/h7,9-10,12,16,18-19,21,24-26,29-30,33,35,38,47H,4-6,8,11,13-15,17,20,22-23,27-28,31-32,34,36-37,39-46H2,1-3H3/b10-7-,12-9-,19-16-,21-18-,26-24-,29-25-,33-30-,38-35-. The monoisotopic (exact) mass is 777 g/mol. The first-order chi connectivity index (χ1) is 27.5. The first-order valence-corrected chi connectivity index (χ1v) is 22.2. The van der Waals surface area contributed by atoms with E-state index in [9.17, 15) is 14.4 Å². The van der Waals surface area contributed by atoms with Crippen molar-refractivity contribution in [3.05, 3.63) is 97.2 Å². The number of hydrogen-bond donors (Lipinski definition) is 0. The van der Waals surface area contributed by atoms with Crippen molar-refractivity contribution in [2.24, 2.45) is 0 Å². The van der Waals surface area contributed by atoms with Crippen molar-refractivity contribution in [3.8, 4) is 0 Å². The molecule has 316 valence electrons. The van der Waals surface area contributed by atoms with Crippen LogP contribution >= 0.6 is 0 Å². The summed E-state index contributed by atoms with van der Waals surface area (Å²) < 4.78 is 16.6. The fourth-order valence-corrected chi connectivity index (χ4v) is 5.53. The Hall–Kier alpha value is -3.67. The zero-order chi connectivity index (χ0) is 40.8. The first kappa shape index (κ1) is 52.3. The molecule has 6 heteroatoms. The van der Waals surface area contributed by atoms with Crippen molar-refractivity contribution in [3.63, 3.8) is 0 Å². The van der Waals surface area contributed by atoms with Crippen LogP contribution < -0.4 is 0 Å². The van der Waals surface area contributed by atoms with E-state index >= 15 is 0 Å². The van der Waals surface area contributed by atoms with Gasteiger partial charge in [0, 0.05) is 19.3 Å². The lowest BCUT2D eigenvalue weighted by molar-refractivity contribution is -0.166. The highest BCUT2D eigenvalue weighted by Gasteiger charge is 2.19. The van der Waals surface area contributed by atoms with E-state index in [0.29, 0.717) is 19.3 Å². The smallest absolute Gasteiger partial charge is 0.306 e. The van der Waals surface area contributed by atoms with Gasteiger partial charge in [0.2, 0.25) is 0 Å². The number of unbranched alkanes of at least 4 members (excludes halogenated alkanes) is 11. The number of ether oxygens (including phenoxy) is 3. The van der Waals surface area contributed by atoms with Gasteiger partial charge in [0.05, 0.1) is 0 Å². The predicted molar refractivity (Wildman–Crippen MR) is 237 cm³/mol. The Bertz CT molecular complexity index is 1170. The van der Waals surface area contributed by atoms with Gasteiger partial charge in [-0.15, -0.1) is 0 Å². The van der Waals surface area contributed by atoms with E-state index < -0.39 is 12.1 Å². The highest BCUT2D eigenvalue weighted by Crippen LogP contribution is 2.10. The normalized spacial score (nSPS) is 13.0. The molecular formula is C50H80O6. The van der Waals surface area contributed by atoms with Gasteiger partial charge in [0.1, 0.15) is 13.2 Å². The summed E-state index contributed by atoms with van der Waals surface area (Å²) in [4.78, 5) is 37.6. The average Bonchev–Trinajstić information content (AvgIpc) is 3.19. The topological polar surface area (TPSA) is 78.9 Å². The van der Waals surface area contributed by atoms with Crippen molar-refractivity contribution in [1.29, 1.82) is 0 Å². The largest absolute Gasteiger partial charge is 0.462 e. The van der Waals surface area contributed by atoms with E-state index in [1.807, 2.05) is 6.08 Å². The summed E-state index contributed by atoms with van der Waals surface area (Å²) in [5, 5.41) is 0. The molecule has 0 radical (unpaired) electrons. The molecule has 0 spiro atoms. The first-order valence-electron chi connectivity index (χ1n) is 22.2. The Kier molecular flexibility index (Phi) is 41.2. The van der Waals surface area contributed by atoms with Crippen LogP contribution in [0.5, 0.6) is 0 Å². The summed E-state index contributed by atoms with van der Waals surface area (Å²) >= 11 is 0. The van der Waals surface area contributed by atoms with Crippen LogP contribution in [0.3, 0.4) is 0 Å². The Morgan fingerprint density at radius 1 is 0.375 bits per heavy atom. The van der Waals surface area contributed by atoms with Gasteiger partial charge in [0.25, 0.3) is 0 Å². The molecule has 0 aromatic carbocycles. The summed E-state index contributed by atoms with van der Waals surface area (Å²) in [6, 6.07) is 0. The number of esters is 3. The fourth-order valence-electron chi connectivity index (χ4n) is 5.53. The van der Waals surface area contributed by atoms with Crippen LogP contribution in [0.4, 0.5) is 0 Å². The molecule has 0 fully saturated rings.